The Labute approximate surface area is 125 Å². The van der Waals surface area contributed by atoms with Crippen molar-refractivity contribution in [2.75, 3.05) is 27.4 Å². The summed E-state index contributed by atoms with van der Waals surface area (Å²) in [5.41, 5.74) is 1.13. The number of carboxylic acids is 1. The van der Waals surface area contributed by atoms with E-state index in [0.29, 0.717) is 25.4 Å². The van der Waals surface area contributed by atoms with Gasteiger partial charge in [-0.25, -0.2) is 0 Å². The van der Waals surface area contributed by atoms with Crippen molar-refractivity contribution in [3.05, 3.63) is 23.8 Å². The van der Waals surface area contributed by atoms with Crippen molar-refractivity contribution in [3.63, 3.8) is 0 Å². The number of carbonyl (C=O) groups is 1. The van der Waals surface area contributed by atoms with Crippen molar-refractivity contribution in [2.45, 2.75) is 32.1 Å². The lowest BCUT2D eigenvalue weighted by Crippen LogP contribution is -2.03. The van der Waals surface area contributed by atoms with Crippen LogP contribution in [0.1, 0.15) is 31.2 Å². The lowest BCUT2D eigenvalue weighted by molar-refractivity contribution is -0.137. The maximum Gasteiger partial charge on any atom is 0.303 e. The molecular formula is C16H24O5. The molecule has 0 bridgehead atoms. The SMILES string of the molecule is COCCCOc1cc(CCCCC(=O)O)ccc1OC. The Morgan fingerprint density at radius 3 is 2.57 bits per heavy atom. The normalized spacial score (nSPS) is 10.4. The molecule has 0 aliphatic heterocycles. The molecule has 0 saturated heterocycles. The highest BCUT2D eigenvalue weighted by molar-refractivity contribution is 5.66. The number of unbranched alkanes of at least 4 members (excludes halogenated alkanes) is 1. The first-order valence-corrected chi connectivity index (χ1v) is 7.17. The van der Waals surface area contributed by atoms with E-state index in [-0.39, 0.29) is 6.42 Å². The van der Waals surface area contributed by atoms with Gasteiger partial charge in [-0.1, -0.05) is 6.07 Å². The highest BCUT2D eigenvalue weighted by Gasteiger charge is 2.06. The van der Waals surface area contributed by atoms with Gasteiger partial charge >= 0.3 is 5.97 Å². The molecule has 0 aliphatic carbocycles. The Morgan fingerprint density at radius 2 is 1.90 bits per heavy atom. The van der Waals surface area contributed by atoms with Crippen molar-refractivity contribution < 1.29 is 24.1 Å². The zero-order chi connectivity index (χ0) is 15.5. The summed E-state index contributed by atoms with van der Waals surface area (Å²) in [6.07, 6.45) is 3.41. The van der Waals surface area contributed by atoms with Gasteiger partial charge in [0.25, 0.3) is 0 Å². The van der Waals surface area contributed by atoms with E-state index in [1.807, 2.05) is 18.2 Å². The van der Waals surface area contributed by atoms with Gasteiger partial charge in [-0.15, -0.1) is 0 Å². The Kier molecular flexibility index (Phi) is 8.28. The van der Waals surface area contributed by atoms with Gasteiger partial charge in [0.05, 0.1) is 13.7 Å². The monoisotopic (exact) mass is 296 g/mol. The third kappa shape index (κ3) is 6.99. The topological polar surface area (TPSA) is 65.0 Å². The Morgan fingerprint density at radius 1 is 1.10 bits per heavy atom. The molecule has 1 N–H and O–H groups in total. The Bertz CT molecular complexity index is 431. The first-order chi connectivity index (χ1) is 10.2. The van der Waals surface area contributed by atoms with E-state index in [4.69, 9.17) is 19.3 Å². The quantitative estimate of drug-likeness (QED) is 0.636. The van der Waals surface area contributed by atoms with Gasteiger partial charge in [-0.05, 0) is 37.0 Å². The molecule has 0 aliphatic rings. The minimum Gasteiger partial charge on any atom is -0.493 e. The average molecular weight is 296 g/mol. The molecule has 0 radical (unpaired) electrons. The molecule has 118 valence electrons. The van der Waals surface area contributed by atoms with Crippen LogP contribution in [0.15, 0.2) is 18.2 Å². The molecule has 1 aromatic rings. The number of aliphatic carboxylic acids is 1. The highest BCUT2D eigenvalue weighted by Crippen LogP contribution is 2.28. The van der Waals surface area contributed by atoms with Gasteiger partial charge in [0.2, 0.25) is 0 Å². The summed E-state index contributed by atoms with van der Waals surface area (Å²) in [5, 5.41) is 8.62. The number of carboxylic acid groups (broad SMARTS) is 1. The fourth-order valence-corrected chi connectivity index (χ4v) is 1.98. The van der Waals surface area contributed by atoms with Gasteiger partial charge in [-0.2, -0.15) is 0 Å². The van der Waals surface area contributed by atoms with Crippen molar-refractivity contribution in [1.82, 2.24) is 0 Å². The van der Waals surface area contributed by atoms with Gasteiger partial charge < -0.3 is 19.3 Å². The largest absolute Gasteiger partial charge is 0.493 e. The molecular weight excluding hydrogens is 272 g/mol. The third-order valence-electron chi connectivity index (χ3n) is 3.08. The standard InChI is InChI=1S/C16H24O5/c1-19-10-5-11-21-15-12-13(8-9-14(15)20-2)6-3-4-7-16(17)18/h8-9,12H,3-7,10-11H2,1-2H3,(H,17,18). The molecule has 0 saturated carbocycles. The molecule has 5 nitrogen and oxygen atoms in total. The van der Waals surface area contributed by atoms with Crippen LogP contribution in [-0.4, -0.2) is 38.5 Å². The number of hydrogen-bond donors (Lipinski definition) is 1. The lowest BCUT2D eigenvalue weighted by atomic mass is 10.1. The van der Waals surface area contributed by atoms with Crippen LogP contribution in [-0.2, 0) is 16.0 Å². The smallest absolute Gasteiger partial charge is 0.303 e. The number of ether oxygens (including phenoxy) is 3. The predicted octanol–water partition coefficient (Wildman–Crippen LogP) is 2.91. The highest BCUT2D eigenvalue weighted by atomic mass is 16.5. The summed E-state index contributed by atoms with van der Waals surface area (Å²) in [6, 6.07) is 5.84. The van der Waals surface area contributed by atoms with Crippen LogP contribution >= 0.6 is 0 Å². The number of hydrogen-bond acceptors (Lipinski definition) is 4. The summed E-state index contributed by atoms with van der Waals surface area (Å²) in [7, 11) is 3.28. The third-order valence-corrected chi connectivity index (χ3v) is 3.08. The van der Waals surface area contributed by atoms with Crippen LogP contribution in [0.3, 0.4) is 0 Å². The van der Waals surface area contributed by atoms with Gasteiger partial charge in [0, 0.05) is 26.6 Å². The molecule has 0 aromatic heterocycles. The predicted molar refractivity (Wildman–Crippen MR) is 80.2 cm³/mol. The van der Waals surface area contributed by atoms with Crippen molar-refractivity contribution >= 4 is 5.97 Å². The van der Waals surface area contributed by atoms with Crippen LogP contribution in [0.5, 0.6) is 11.5 Å². The number of methoxy groups -OCH3 is 2. The van der Waals surface area contributed by atoms with E-state index in [1.54, 1.807) is 14.2 Å². The molecule has 0 fully saturated rings. The molecule has 0 unspecified atom stereocenters. The maximum atomic E-state index is 10.5. The van der Waals surface area contributed by atoms with Crippen LogP contribution in [0.25, 0.3) is 0 Å². The van der Waals surface area contributed by atoms with Crippen molar-refractivity contribution in [1.29, 1.82) is 0 Å². The molecule has 0 spiro atoms. The Balaban J connectivity index is 2.51. The van der Waals surface area contributed by atoms with E-state index < -0.39 is 5.97 Å². The first-order valence-electron chi connectivity index (χ1n) is 7.17. The molecule has 0 atom stereocenters. The van der Waals surface area contributed by atoms with Crippen LogP contribution in [0, 0.1) is 0 Å². The van der Waals surface area contributed by atoms with Crippen LogP contribution < -0.4 is 9.47 Å². The fraction of sp³-hybridized carbons (Fsp3) is 0.562. The fourth-order valence-electron chi connectivity index (χ4n) is 1.98. The van der Waals surface area contributed by atoms with E-state index in [0.717, 1.165) is 30.6 Å². The summed E-state index contributed by atoms with van der Waals surface area (Å²) >= 11 is 0. The average Bonchev–Trinajstić information content (AvgIpc) is 2.48. The van der Waals surface area contributed by atoms with Gasteiger partial charge in [0.1, 0.15) is 0 Å². The Hall–Kier alpha value is -1.75. The molecule has 21 heavy (non-hydrogen) atoms. The van der Waals surface area contributed by atoms with Crippen LogP contribution in [0.4, 0.5) is 0 Å². The summed E-state index contributed by atoms with van der Waals surface area (Å²) in [6.45, 7) is 1.24. The molecule has 1 rings (SSSR count). The van der Waals surface area contributed by atoms with E-state index in [9.17, 15) is 4.79 Å². The summed E-state index contributed by atoms with van der Waals surface area (Å²) in [4.78, 5) is 10.5. The number of rotatable bonds is 11. The lowest BCUT2D eigenvalue weighted by Gasteiger charge is -2.12. The number of aryl methyl sites for hydroxylation is 1. The van der Waals surface area contributed by atoms with Crippen LogP contribution in [0.2, 0.25) is 0 Å². The second kappa shape index (κ2) is 10.0. The van der Waals surface area contributed by atoms with Crippen molar-refractivity contribution in [3.8, 4) is 11.5 Å². The maximum absolute atomic E-state index is 10.5. The van der Waals surface area contributed by atoms with E-state index >= 15 is 0 Å². The van der Waals surface area contributed by atoms with Gasteiger partial charge in [0.15, 0.2) is 11.5 Å². The molecule has 0 heterocycles. The minimum absolute atomic E-state index is 0.219. The van der Waals surface area contributed by atoms with E-state index in [2.05, 4.69) is 0 Å². The number of benzene rings is 1. The molecule has 1 aromatic carbocycles. The zero-order valence-electron chi connectivity index (χ0n) is 12.8. The zero-order valence-corrected chi connectivity index (χ0v) is 12.8. The summed E-state index contributed by atoms with van der Waals surface area (Å²) < 4.78 is 16.0. The first kappa shape index (κ1) is 17.3. The molecule has 5 heteroatoms. The minimum atomic E-state index is -0.744. The van der Waals surface area contributed by atoms with Gasteiger partial charge in [-0.3, -0.25) is 4.79 Å². The van der Waals surface area contributed by atoms with Crippen molar-refractivity contribution in [2.24, 2.45) is 0 Å². The molecule has 0 amide bonds. The second-order valence-corrected chi connectivity index (χ2v) is 4.78. The van der Waals surface area contributed by atoms with E-state index in [1.165, 1.54) is 0 Å². The second-order valence-electron chi connectivity index (χ2n) is 4.78. The summed E-state index contributed by atoms with van der Waals surface area (Å²) in [5.74, 6) is 0.693.